The fraction of sp³-hybridized carbons (Fsp3) is 0.222. The van der Waals surface area contributed by atoms with Crippen LogP contribution in [0, 0.1) is 5.82 Å². The lowest BCUT2D eigenvalue weighted by Crippen LogP contribution is -2.42. The van der Waals surface area contributed by atoms with Crippen molar-refractivity contribution >= 4 is 17.6 Å². The number of nitrogens with zero attached hydrogens (tertiary/aromatic N) is 1. The van der Waals surface area contributed by atoms with Gasteiger partial charge in [-0.05, 0) is 42.0 Å². The van der Waals surface area contributed by atoms with E-state index in [4.69, 9.17) is 10.5 Å². The van der Waals surface area contributed by atoms with Crippen LogP contribution in [0.2, 0.25) is 0 Å². The summed E-state index contributed by atoms with van der Waals surface area (Å²) in [6.07, 6.45) is -0.283. The Morgan fingerprint density at radius 1 is 1.12 bits per heavy atom. The van der Waals surface area contributed by atoms with Crippen molar-refractivity contribution in [1.82, 2.24) is 4.90 Å². The van der Waals surface area contributed by atoms with Gasteiger partial charge in [0.2, 0.25) is 0 Å². The summed E-state index contributed by atoms with van der Waals surface area (Å²) in [5.41, 5.74) is 6.92. The van der Waals surface area contributed by atoms with Crippen LogP contribution in [0.5, 0.6) is 0 Å². The summed E-state index contributed by atoms with van der Waals surface area (Å²) in [5.74, 6) is -0.432. The van der Waals surface area contributed by atoms with Crippen LogP contribution < -0.4 is 11.1 Å². The van der Waals surface area contributed by atoms with Gasteiger partial charge in [0.1, 0.15) is 11.9 Å². The first kappa shape index (κ1) is 16.9. The van der Waals surface area contributed by atoms with Crippen molar-refractivity contribution in [2.75, 3.05) is 25.0 Å². The van der Waals surface area contributed by atoms with Crippen LogP contribution in [0.3, 0.4) is 0 Å². The molecule has 3 amide bonds. The number of carbonyl (C=O) groups excluding carboxylic acids is 2. The van der Waals surface area contributed by atoms with E-state index in [2.05, 4.69) is 5.32 Å². The number of carbonyl (C=O) groups is 2. The molecule has 0 bridgehead atoms. The Balaban J connectivity index is 1.69. The van der Waals surface area contributed by atoms with Crippen LogP contribution in [-0.2, 0) is 4.74 Å². The van der Waals surface area contributed by atoms with Gasteiger partial charge in [-0.1, -0.05) is 12.1 Å². The zero-order valence-corrected chi connectivity index (χ0v) is 13.4. The SMILES string of the molecule is NC(=O)Nc1ccc(C(=O)N2CCOC(c3ccc(F)cc3)C2)cc1. The molecule has 0 aliphatic carbocycles. The number of amides is 3. The van der Waals surface area contributed by atoms with Crippen molar-refractivity contribution < 1.29 is 18.7 Å². The van der Waals surface area contributed by atoms with Crippen LogP contribution >= 0.6 is 0 Å². The van der Waals surface area contributed by atoms with Gasteiger partial charge in [-0.2, -0.15) is 0 Å². The largest absolute Gasteiger partial charge is 0.370 e. The number of halogens is 1. The number of rotatable bonds is 3. The highest BCUT2D eigenvalue weighted by Crippen LogP contribution is 2.24. The average Bonchev–Trinajstić information content (AvgIpc) is 2.62. The molecule has 0 saturated carbocycles. The maximum Gasteiger partial charge on any atom is 0.316 e. The van der Waals surface area contributed by atoms with Crippen molar-refractivity contribution in [1.29, 1.82) is 0 Å². The highest BCUT2D eigenvalue weighted by Gasteiger charge is 2.26. The lowest BCUT2D eigenvalue weighted by Gasteiger charge is -2.33. The molecule has 1 unspecified atom stereocenters. The second-order valence-electron chi connectivity index (χ2n) is 5.73. The molecule has 25 heavy (non-hydrogen) atoms. The standard InChI is InChI=1S/C18H18FN3O3/c19-14-5-1-12(2-6-14)16-11-22(9-10-25-16)17(23)13-3-7-15(8-4-13)21-18(20)24/h1-8,16H,9-11H2,(H3,20,21,24). The van der Waals surface area contributed by atoms with Crippen LogP contribution in [0.15, 0.2) is 48.5 Å². The highest BCUT2D eigenvalue weighted by atomic mass is 19.1. The molecule has 130 valence electrons. The van der Waals surface area contributed by atoms with E-state index in [0.29, 0.717) is 30.9 Å². The van der Waals surface area contributed by atoms with Gasteiger partial charge < -0.3 is 20.7 Å². The zero-order valence-electron chi connectivity index (χ0n) is 13.4. The Morgan fingerprint density at radius 3 is 2.44 bits per heavy atom. The first-order valence-electron chi connectivity index (χ1n) is 7.86. The summed E-state index contributed by atoms with van der Waals surface area (Å²) in [4.78, 5) is 25.2. The predicted molar refractivity (Wildman–Crippen MR) is 90.6 cm³/mol. The molecular formula is C18H18FN3O3. The van der Waals surface area contributed by atoms with Gasteiger partial charge in [-0.25, -0.2) is 9.18 Å². The van der Waals surface area contributed by atoms with E-state index in [0.717, 1.165) is 5.56 Å². The molecule has 6 nitrogen and oxygen atoms in total. The fourth-order valence-electron chi connectivity index (χ4n) is 2.73. The van der Waals surface area contributed by atoms with Crippen molar-refractivity contribution in [2.24, 2.45) is 5.73 Å². The third-order valence-corrected chi connectivity index (χ3v) is 3.99. The van der Waals surface area contributed by atoms with Crippen molar-refractivity contribution in [3.8, 4) is 0 Å². The average molecular weight is 343 g/mol. The van der Waals surface area contributed by atoms with Gasteiger partial charge in [-0.3, -0.25) is 4.79 Å². The minimum Gasteiger partial charge on any atom is -0.370 e. The molecule has 1 aliphatic rings. The Morgan fingerprint density at radius 2 is 1.80 bits per heavy atom. The molecule has 3 N–H and O–H groups in total. The van der Waals surface area contributed by atoms with E-state index in [1.54, 1.807) is 41.3 Å². The van der Waals surface area contributed by atoms with E-state index in [-0.39, 0.29) is 17.8 Å². The minimum absolute atomic E-state index is 0.124. The van der Waals surface area contributed by atoms with Gasteiger partial charge in [0.15, 0.2) is 0 Å². The summed E-state index contributed by atoms with van der Waals surface area (Å²) in [7, 11) is 0. The van der Waals surface area contributed by atoms with Crippen molar-refractivity contribution in [3.63, 3.8) is 0 Å². The summed E-state index contributed by atoms with van der Waals surface area (Å²) in [6.45, 7) is 1.29. The fourth-order valence-corrected chi connectivity index (χ4v) is 2.73. The number of primary amides is 1. The summed E-state index contributed by atoms with van der Waals surface area (Å²) < 4.78 is 18.8. The van der Waals surface area contributed by atoms with Gasteiger partial charge in [0, 0.05) is 17.8 Å². The second-order valence-corrected chi connectivity index (χ2v) is 5.73. The van der Waals surface area contributed by atoms with Gasteiger partial charge in [0.25, 0.3) is 5.91 Å². The number of ether oxygens (including phenoxy) is 1. The molecule has 1 saturated heterocycles. The molecule has 0 aromatic heterocycles. The molecule has 3 rings (SSSR count). The molecule has 7 heteroatoms. The Kier molecular flexibility index (Phi) is 4.95. The second kappa shape index (κ2) is 7.31. The minimum atomic E-state index is -0.658. The molecular weight excluding hydrogens is 325 g/mol. The number of urea groups is 1. The van der Waals surface area contributed by atoms with Crippen LogP contribution in [-0.4, -0.2) is 36.5 Å². The van der Waals surface area contributed by atoms with E-state index in [1.165, 1.54) is 12.1 Å². The number of nitrogens with two attached hydrogens (primary N) is 1. The van der Waals surface area contributed by atoms with Gasteiger partial charge >= 0.3 is 6.03 Å². The van der Waals surface area contributed by atoms with Gasteiger partial charge in [0.05, 0.1) is 13.2 Å². The molecule has 2 aromatic carbocycles. The summed E-state index contributed by atoms with van der Waals surface area (Å²) >= 11 is 0. The van der Waals surface area contributed by atoms with Gasteiger partial charge in [-0.15, -0.1) is 0 Å². The van der Waals surface area contributed by atoms with Crippen LogP contribution in [0.25, 0.3) is 0 Å². The zero-order chi connectivity index (χ0) is 17.8. The topological polar surface area (TPSA) is 84.7 Å². The molecule has 2 aromatic rings. The normalized spacial score (nSPS) is 17.2. The molecule has 0 radical (unpaired) electrons. The maximum absolute atomic E-state index is 13.1. The maximum atomic E-state index is 13.1. The smallest absolute Gasteiger partial charge is 0.316 e. The lowest BCUT2D eigenvalue weighted by molar-refractivity contribution is -0.0228. The monoisotopic (exact) mass is 343 g/mol. The van der Waals surface area contributed by atoms with E-state index >= 15 is 0 Å². The van der Waals surface area contributed by atoms with Crippen LogP contribution in [0.4, 0.5) is 14.9 Å². The number of benzene rings is 2. The van der Waals surface area contributed by atoms with Crippen molar-refractivity contribution in [3.05, 3.63) is 65.5 Å². The van der Waals surface area contributed by atoms with E-state index in [9.17, 15) is 14.0 Å². The molecule has 1 aliphatic heterocycles. The summed E-state index contributed by atoms with van der Waals surface area (Å²) in [6, 6.07) is 11.9. The Labute approximate surface area is 144 Å². The quantitative estimate of drug-likeness (QED) is 0.898. The third-order valence-electron chi connectivity index (χ3n) is 3.99. The molecule has 1 heterocycles. The van der Waals surface area contributed by atoms with E-state index < -0.39 is 6.03 Å². The number of nitrogens with one attached hydrogen (secondary N) is 1. The van der Waals surface area contributed by atoms with Crippen LogP contribution in [0.1, 0.15) is 22.0 Å². The lowest BCUT2D eigenvalue weighted by atomic mass is 10.1. The number of hydrogen-bond donors (Lipinski definition) is 2. The molecule has 1 fully saturated rings. The van der Waals surface area contributed by atoms with Crippen molar-refractivity contribution in [2.45, 2.75) is 6.10 Å². The highest BCUT2D eigenvalue weighted by molar-refractivity contribution is 5.95. The number of anilines is 1. The molecule has 0 spiro atoms. The number of morpholine rings is 1. The Hall–Kier alpha value is -2.93. The summed E-state index contributed by atoms with van der Waals surface area (Å²) in [5, 5.41) is 2.45. The van der Waals surface area contributed by atoms with E-state index in [1.807, 2.05) is 0 Å². The first-order valence-corrected chi connectivity index (χ1v) is 7.86. The predicted octanol–water partition coefficient (Wildman–Crippen LogP) is 2.53. The first-order chi connectivity index (χ1) is 12.0. The Bertz CT molecular complexity index is 762. The number of hydrogen-bond acceptors (Lipinski definition) is 3. The third kappa shape index (κ3) is 4.13. The molecule has 1 atom stereocenters.